The molecule has 1 saturated heterocycles. The van der Waals surface area contributed by atoms with Crippen molar-refractivity contribution in [3.05, 3.63) is 54.0 Å². The molecule has 164 valence electrons. The number of carbonyl (C=O) groups is 1. The van der Waals surface area contributed by atoms with Crippen LogP contribution in [-0.2, 0) is 11.3 Å². The molecule has 1 amide bonds. The number of nitrogens with zero attached hydrogens (tertiary/aromatic N) is 4. The summed E-state index contributed by atoms with van der Waals surface area (Å²) in [6.45, 7) is 6.89. The first kappa shape index (κ1) is 21.5. The molecule has 1 atom stereocenters. The van der Waals surface area contributed by atoms with Crippen molar-refractivity contribution in [2.45, 2.75) is 50.7 Å². The van der Waals surface area contributed by atoms with Crippen LogP contribution in [0.4, 0.5) is 11.6 Å². The normalized spacial score (nSPS) is 14.7. The van der Waals surface area contributed by atoms with Crippen LogP contribution in [-0.4, -0.2) is 39.5 Å². The van der Waals surface area contributed by atoms with Crippen LogP contribution in [0, 0.1) is 0 Å². The van der Waals surface area contributed by atoms with Crippen LogP contribution in [0.25, 0.3) is 0 Å². The van der Waals surface area contributed by atoms with Crippen LogP contribution in [0.3, 0.4) is 0 Å². The molecule has 2 aromatic heterocycles. The van der Waals surface area contributed by atoms with Gasteiger partial charge in [-0.2, -0.15) is 0 Å². The third-order valence-electron chi connectivity index (χ3n) is 5.69. The van der Waals surface area contributed by atoms with E-state index in [0.717, 1.165) is 54.9 Å². The lowest BCUT2D eigenvalue weighted by Crippen LogP contribution is -2.22. The van der Waals surface area contributed by atoms with Gasteiger partial charge in [0.25, 0.3) is 0 Å². The van der Waals surface area contributed by atoms with Crippen molar-refractivity contribution in [1.82, 2.24) is 14.8 Å². The van der Waals surface area contributed by atoms with Crippen LogP contribution < -0.4 is 10.2 Å². The molecular weight excluding hydrogens is 410 g/mol. The standard InChI is InChI=1S/C23H29N5O2S/c1-3-17(2)18-8-10-19(11-9-18)24-21(29)16-31-23-26-25-22(27-12-4-5-13-27)28(23)15-20-7-6-14-30-20/h6-11,14,17H,3-5,12-13,15-16H2,1-2H3,(H,24,29). The smallest absolute Gasteiger partial charge is 0.234 e. The van der Waals surface area contributed by atoms with Gasteiger partial charge in [-0.1, -0.05) is 37.7 Å². The van der Waals surface area contributed by atoms with Gasteiger partial charge in [0.05, 0.1) is 18.6 Å². The van der Waals surface area contributed by atoms with E-state index in [0.29, 0.717) is 12.5 Å². The molecule has 0 aliphatic carbocycles. The first-order valence-corrected chi connectivity index (χ1v) is 11.9. The fourth-order valence-corrected chi connectivity index (χ4v) is 4.43. The topological polar surface area (TPSA) is 76.2 Å². The average molecular weight is 440 g/mol. The Hall–Kier alpha value is -2.74. The van der Waals surface area contributed by atoms with E-state index in [4.69, 9.17) is 4.42 Å². The lowest BCUT2D eigenvalue weighted by Gasteiger charge is -2.17. The number of hydrogen-bond acceptors (Lipinski definition) is 6. The molecule has 1 N–H and O–H groups in total. The highest BCUT2D eigenvalue weighted by Crippen LogP contribution is 2.26. The number of amides is 1. The molecule has 7 nitrogen and oxygen atoms in total. The number of furan rings is 1. The number of thioether (sulfide) groups is 1. The Morgan fingerprint density at radius 2 is 1.97 bits per heavy atom. The van der Waals surface area contributed by atoms with Gasteiger partial charge < -0.3 is 14.6 Å². The van der Waals surface area contributed by atoms with Crippen LogP contribution >= 0.6 is 11.8 Å². The first-order valence-electron chi connectivity index (χ1n) is 10.9. The molecule has 3 heterocycles. The van der Waals surface area contributed by atoms with Gasteiger partial charge in [0.1, 0.15) is 5.76 Å². The Morgan fingerprint density at radius 3 is 2.65 bits per heavy atom. The van der Waals surface area contributed by atoms with E-state index >= 15 is 0 Å². The molecule has 31 heavy (non-hydrogen) atoms. The van der Waals surface area contributed by atoms with Crippen LogP contribution in [0.15, 0.2) is 52.2 Å². The highest BCUT2D eigenvalue weighted by Gasteiger charge is 2.22. The van der Waals surface area contributed by atoms with Gasteiger partial charge in [0, 0.05) is 18.8 Å². The van der Waals surface area contributed by atoms with Gasteiger partial charge in [0.2, 0.25) is 11.9 Å². The fraction of sp³-hybridized carbons (Fsp3) is 0.435. The maximum atomic E-state index is 12.5. The Bertz CT molecular complexity index is 978. The molecule has 3 aromatic rings. The molecule has 1 unspecified atom stereocenters. The average Bonchev–Trinajstić information content (AvgIpc) is 3.55. The summed E-state index contributed by atoms with van der Waals surface area (Å²) in [6.07, 6.45) is 5.09. The predicted molar refractivity (Wildman–Crippen MR) is 124 cm³/mol. The quantitative estimate of drug-likeness (QED) is 0.484. The number of aromatic nitrogens is 3. The van der Waals surface area contributed by atoms with Crippen LogP contribution in [0.2, 0.25) is 0 Å². The maximum absolute atomic E-state index is 12.5. The minimum absolute atomic E-state index is 0.0587. The summed E-state index contributed by atoms with van der Waals surface area (Å²) in [4.78, 5) is 14.8. The van der Waals surface area contributed by atoms with Crippen molar-refractivity contribution in [3.8, 4) is 0 Å². The molecular formula is C23H29N5O2S. The number of carbonyl (C=O) groups excluding carboxylic acids is 1. The van der Waals surface area contributed by atoms with Gasteiger partial charge >= 0.3 is 0 Å². The van der Waals surface area contributed by atoms with E-state index in [1.54, 1.807) is 6.26 Å². The lowest BCUT2D eigenvalue weighted by molar-refractivity contribution is -0.113. The van der Waals surface area contributed by atoms with Crippen molar-refractivity contribution < 1.29 is 9.21 Å². The maximum Gasteiger partial charge on any atom is 0.234 e. The molecule has 0 bridgehead atoms. The number of benzene rings is 1. The molecule has 0 saturated carbocycles. The van der Waals surface area contributed by atoms with Crippen molar-refractivity contribution >= 4 is 29.3 Å². The summed E-state index contributed by atoms with van der Waals surface area (Å²) in [5.74, 6) is 2.41. The zero-order chi connectivity index (χ0) is 21.6. The minimum atomic E-state index is -0.0587. The third kappa shape index (κ3) is 5.31. The molecule has 1 aliphatic rings. The summed E-state index contributed by atoms with van der Waals surface area (Å²) < 4.78 is 7.58. The number of hydrogen-bond donors (Lipinski definition) is 1. The Balaban J connectivity index is 1.41. The second-order valence-electron chi connectivity index (χ2n) is 7.91. The molecule has 0 spiro atoms. The van der Waals surface area contributed by atoms with Gasteiger partial charge in [0.15, 0.2) is 5.16 Å². The Labute approximate surface area is 187 Å². The molecule has 4 rings (SSSR count). The summed E-state index contributed by atoms with van der Waals surface area (Å²) in [7, 11) is 0. The van der Waals surface area contributed by atoms with E-state index in [1.807, 2.05) is 28.8 Å². The summed E-state index contributed by atoms with van der Waals surface area (Å²) in [5.41, 5.74) is 2.10. The highest BCUT2D eigenvalue weighted by molar-refractivity contribution is 7.99. The number of anilines is 2. The Morgan fingerprint density at radius 1 is 1.19 bits per heavy atom. The Kier molecular flexibility index (Phi) is 6.96. The third-order valence-corrected chi connectivity index (χ3v) is 6.66. The van der Waals surface area contributed by atoms with Gasteiger partial charge in [-0.05, 0) is 55.0 Å². The SMILES string of the molecule is CCC(C)c1ccc(NC(=O)CSc2nnc(N3CCCC3)n2Cc2ccco2)cc1. The second kappa shape index (κ2) is 10.0. The van der Waals surface area contributed by atoms with Crippen molar-refractivity contribution in [2.24, 2.45) is 0 Å². The summed E-state index contributed by atoms with van der Waals surface area (Å²) in [6, 6.07) is 11.9. The van der Waals surface area contributed by atoms with E-state index in [2.05, 4.69) is 46.4 Å². The summed E-state index contributed by atoms with van der Waals surface area (Å²) >= 11 is 1.40. The molecule has 1 aromatic carbocycles. The number of nitrogens with one attached hydrogen (secondary N) is 1. The lowest BCUT2D eigenvalue weighted by atomic mass is 9.99. The van der Waals surface area contributed by atoms with Gasteiger partial charge in [-0.15, -0.1) is 10.2 Å². The largest absolute Gasteiger partial charge is 0.467 e. The molecule has 0 radical (unpaired) electrons. The van der Waals surface area contributed by atoms with Crippen molar-refractivity contribution in [1.29, 1.82) is 0 Å². The van der Waals surface area contributed by atoms with E-state index < -0.39 is 0 Å². The van der Waals surface area contributed by atoms with E-state index in [9.17, 15) is 4.79 Å². The second-order valence-corrected chi connectivity index (χ2v) is 8.85. The predicted octanol–water partition coefficient (Wildman–Crippen LogP) is 4.76. The van der Waals surface area contributed by atoms with Gasteiger partial charge in [-0.3, -0.25) is 9.36 Å². The van der Waals surface area contributed by atoms with E-state index in [1.165, 1.54) is 17.3 Å². The van der Waals surface area contributed by atoms with Crippen molar-refractivity contribution in [3.63, 3.8) is 0 Å². The van der Waals surface area contributed by atoms with Gasteiger partial charge in [-0.25, -0.2) is 0 Å². The molecule has 1 fully saturated rings. The summed E-state index contributed by atoms with van der Waals surface area (Å²) in [5, 5.41) is 12.5. The van der Waals surface area contributed by atoms with Crippen LogP contribution in [0.5, 0.6) is 0 Å². The van der Waals surface area contributed by atoms with E-state index in [-0.39, 0.29) is 11.7 Å². The first-order chi connectivity index (χ1) is 15.1. The molecule has 1 aliphatic heterocycles. The highest BCUT2D eigenvalue weighted by atomic mass is 32.2. The van der Waals surface area contributed by atoms with Crippen LogP contribution in [0.1, 0.15) is 50.4 Å². The zero-order valence-corrected chi connectivity index (χ0v) is 18.9. The molecule has 8 heteroatoms. The number of rotatable bonds is 9. The monoisotopic (exact) mass is 439 g/mol. The van der Waals surface area contributed by atoms with Crippen molar-refractivity contribution in [2.75, 3.05) is 29.1 Å². The zero-order valence-electron chi connectivity index (χ0n) is 18.1. The minimum Gasteiger partial charge on any atom is -0.467 e. The fourth-order valence-electron chi connectivity index (χ4n) is 3.69.